The Bertz CT molecular complexity index is 1300. The number of amidine groups is 1. The van der Waals surface area contributed by atoms with Gasteiger partial charge in [-0.05, 0) is 91.0 Å². The number of hydrogen-bond acceptors (Lipinski definition) is 7. The maximum atomic E-state index is 12.5. The van der Waals surface area contributed by atoms with E-state index in [1.54, 1.807) is 79.9 Å². The molecule has 1 aliphatic rings. The number of methoxy groups -OCH3 is 1. The van der Waals surface area contributed by atoms with E-state index in [9.17, 15) is 9.59 Å². The third-order valence-corrected chi connectivity index (χ3v) is 5.96. The molecule has 4 rings (SSSR count). The van der Waals surface area contributed by atoms with Crippen LogP contribution >= 0.6 is 23.4 Å². The molecule has 0 unspecified atom stereocenters. The van der Waals surface area contributed by atoms with Crippen molar-refractivity contribution < 1.29 is 23.8 Å². The van der Waals surface area contributed by atoms with Gasteiger partial charge in [0.15, 0.2) is 16.7 Å². The Balaban J connectivity index is 1.52. The highest BCUT2D eigenvalue weighted by molar-refractivity contribution is 8.18. The minimum Gasteiger partial charge on any atom is -0.497 e. The zero-order chi connectivity index (χ0) is 24.8. The van der Waals surface area contributed by atoms with Crippen LogP contribution in [-0.4, -0.2) is 30.8 Å². The SMILES string of the molecule is CCOc1cc(/C=C2\SC(=Nc3ccc(OC)cc3)NC2=O)ccc1OC(=O)c1ccc(Cl)cc1. The lowest BCUT2D eigenvalue weighted by Crippen LogP contribution is -2.19. The van der Waals surface area contributed by atoms with Crippen LogP contribution in [0.4, 0.5) is 5.69 Å². The molecule has 0 radical (unpaired) electrons. The van der Waals surface area contributed by atoms with Crippen LogP contribution in [0.3, 0.4) is 0 Å². The van der Waals surface area contributed by atoms with Crippen LogP contribution < -0.4 is 19.5 Å². The van der Waals surface area contributed by atoms with E-state index in [4.69, 9.17) is 25.8 Å². The molecule has 1 heterocycles. The molecule has 0 atom stereocenters. The molecule has 0 saturated carbocycles. The van der Waals surface area contributed by atoms with Gasteiger partial charge < -0.3 is 19.5 Å². The first-order valence-corrected chi connectivity index (χ1v) is 11.8. The number of benzene rings is 3. The van der Waals surface area contributed by atoms with Crippen LogP contribution in [0.5, 0.6) is 17.2 Å². The fourth-order valence-corrected chi connectivity index (χ4v) is 4.09. The quantitative estimate of drug-likeness (QED) is 0.244. The largest absolute Gasteiger partial charge is 0.497 e. The Morgan fingerprint density at radius 2 is 1.80 bits per heavy atom. The molecule has 1 N–H and O–H groups in total. The van der Waals surface area contributed by atoms with Gasteiger partial charge in [0.2, 0.25) is 0 Å². The van der Waals surface area contributed by atoms with Crippen molar-refractivity contribution in [1.82, 2.24) is 5.32 Å². The Kier molecular flexibility index (Phi) is 7.74. The monoisotopic (exact) mass is 508 g/mol. The second-order valence-electron chi connectivity index (χ2n) is 7.22. The van der Waals surface area contributed by atoms with Gasteiger partial charge in [0.25, 0.3) is 5.91 Å². The molecule has 1 aliphatic heterocycles. The number of nitrogens with zero attached hydrogens (tertiary/aromatic N) is 1. The number of amides is 1. The van der Waals surface area contributed by atoms with Crippen LogP contribution in [0.2, 0.25) is 5.02 Å². The van der Waals surface area contributed by atoms with Crippen molar-refractivity contribution in [2.45, 2.75) is 6.92 Å². The highest BCUT2D eigenvalue weighted by Crippen LogP contribution is 2.33. The number of rotatable bonds is 7. The predicted molar refractivity (Wildman–Crippen MR) is 138 cm³/mol. The first kappa shape index (κ1) is 24.4. The van der Waals surface area contributed by atoms with Crippen molar-refractivity contribution in [2.24, 2.45) is 4.99 Å². The average Bonchev–Trinajstić information content (AvgIpc) is 3.20. The van der Waals surface area contributed by atoms with Crippen molar-refractivity contribution in [2.75, 3.05) is 13.7 Å². The molecule has 178 valence electrons. The summed E-state index contributed by atoms with van der Waals surface area (Å²) in [5.41, 5.74) is 1.77. The number of thioether (sulfide) groups is 1. The predicted octanol–water partition coefficient (Wildman–Crippen LogP) is 5.86. The number of nitrogens with one attached hydrogen (secondary N) is 1. The Labute approximate surface area is 211 Å². The molecule has 3 aromatic rings. The van der Waals surface area contributed by atoms with Crippen LogP contribution in [-0.2, 0) is 4.79 Å². The third-order valence-electron chi connectivity index (χ3n) is 4.80. The summed E-state index contributed by atoms with van der Waals surface area (Å²) in [6.07, 6.45) is 1.73. The smallest absolute Gasteiger partial charge is 0.343 e. The molecule has 1 saturated heterocycles. The highest BCUT2D eigenvalue weighted by atomic mass is 35.5. The fraction of sp³-hybridized carbons (Fsp3) is 0.115. The minimum absolute atomic E-state index is 0.251. The third kappa shape index (κ3) is 6.23. The zero-order valence-electron chi connectivity index (χ0n) is 18.9. The summed E-state index contributed by atoms with van der Waals surface area (Å²) < 4.78 is 16.4. The molecule has 9 heteroatoms. The van der Waals surface area contributed by atoms with E-state index in [-0.39, 0.29) is 11.7 Å². The van der Waals surface area contributed by atoms with Crippen molar-refractivity contribution in [1.29, 1.82) is 0 Å². The lowest BCUT2D eigenvalue weighted by molar-refractivity contribution is -0.115. The summed E-state index contributed by atoms with van der Waals surface area (Å²) >= 11 is 7.11. The number of esters is 1. The van der Waals surface area contributed by atoms with Gasteiger partial charge in [-0.25, -0.2) is 9.79 Å². The van der Waals surface area contributed by atoms with Crippen molar-refractivity contribution in [3.63, 3.8) is 0 Å². The molecule has 0 aromatic heterocycles. The number of aliphatic imine (C=N–C) groups is 1. The fourth-order valence-electron chi connectivity index (χ4n) is 3.12. The Morgan fingerprint density at radius 1 is 1.06 bits per heavy atom. The molecular weight excluding hydrogens is 488 g/mol. The molecule has 3 aromatic carbocycles. The molecule has 35 heavy (non-hydrogen) atoms. The summed E-state index contributed by atoms with van der Waals surface area (Å²) in [6, 6.07) is 18.7. The highest BCUT2D eigenvalue weighted by Gasteiger charge is 2.24. The van der Waals surface area contributed by atoms with Crippen LogP contribution in [0.15, 0.2) is 76.6 Å². The van der Waals surface area contributed by atoms with Crippen LogP contribution in [0.25, 0.3) is 6.08 Å². The first-order valence-electron chi connectivity index (χ1n) is 10.6. The number of carbonyl (C=O) groups is 2. The summed E-state index contributed by atoms with van der Waals surface area (Å²) in [7, 11) is 1.60. The maximum absolute atomic E-state index is 12.5. The molecule has 0 aliphatic carbocycles. The summed E-state index contributed by atoms with van der Waals surface area (Å²) in [6.45, 7) is 2.21. The molecule has 1 amide bonds. The van der Waals surface area contributed by atoms with E-state index in [2.05, 4.69) is 10.3 Å². The number of carbonyl (C=O) groups excluding carboxylic acids is 2. The van der Waals surface area contributed by atoms with E-state index in [1.165, 1.54) is 11.8 Å². The standard InChI is InChI=1S/C26H21ClN2O5S/c1-3-33-22-14-16(4-13-21(22)34-25(31)17-5-7-18(27)8-6-17)15-23-24(30)29-26(35-23)28-19-9-11-20(32-2)12-10-19/h4-15H,3H2,1-2H3,(H,28,29,30)/b23-15-. The Morgan fingerprint density at radius 3 is 2.49 bits per heavy atom. The summed E-state index contributed by atoms with van der Waals surface area (Å²) in [4.78, 5) is 29.9. The van der Waals surface area contributed by atoms with Gasteiger partial charge in [-0.2, -0.15) is 0 Å². The van der Waals surface area contributed by atoms with E-state index in [1.807, 2.05) is 6.92 Å². The maximum Gasteiger partial charge on any atom is 0.343 e. The van der Waals surface area contributed by atoms with Gasteiger partial charge in [0.1, 0.15) is 5.75 Å². The molecular formula is C26H21ClN2O5S. The molecule has 0 bridgehead atoms. The first-order chi connectivity index (χ1) is 16.9. The van der Waals surface area contributed by atoms with Gasteiger partial charge in [0.05, 0.1) is 29.9 Å². The van der Waals surface area contributed by atoms with E-state index >= 15 is 0 Å². The van der Waals surface area contributed by atoms with Gasteiger partial charge in [-0.1, -0.05) is 17.7 Å². The van der Waals surface area contributed by atoms with Gasteiger partial charge in [-0.15, -0.1) is 0 Å². The van der Waals surface area contributed by atoms with Crippen molar-refractivity contribution >= 4 is 52.2 Å². The topological polar surface area (TPSA) is 86.2 Å². The second-order valence-corrected chi connectivity index (χ2v) is 8.68. The lowest BCUT2D eigenvalue weighted by atomic mass is 10.1. The van der Waals surface area contributed by atoms with Crippen molar-refractivity contribution in [3.8, 4) is 17.2 Å². The number of hydrogen-bond donors (Lipinski definition) is 1. The normalized spacial score (nSPS) is 15.2. The minimum atomic E-state index is -0.529. The lowest BCUT2D eigenvalue weighted by Gasteiger charge is -2.11. The molecule has 1 fully saturated rings. The Hall–Kier alpha value is -3.75. The summed E-state index contributed by atoms with van der Waals surface area (Å²) in [5.74, 6) is 0.612. The zero-order valence-corrected chi connectivity index (χ0v) is 20.5. The van der Waals surface area contributed by atoms with Crippen molar-refractivity contribution in [3.05, 3.63) is 87.8 Å². The van der Waals surface area contributed by atoms with Gasteiger partial charge in [0, 0.05) is 5.02 Å². The molecule has 7 nitrogen and oxygen atoms in total. The van der Waals surface area contributed by atoms with E-state index < -0.39 is 5.97 Å². The average molecular weight is 509 g/mol. The summed E-state index contributed by atoms with van der Waals surface area (Å²) in [5, 5.41) is 3.77. The second kappa shape index (κ2) is 11.1. The van der Waals surface area contributed by atoms with Gasteiger partial charge >= 0.3 is 5.97 Å². The van der Waals surface area contributed by atoms with E-state index in [0.717, 1.165) is 5.75 Å². The molecule has 0 spiro atoms. The number of halogens is 1. The van der Waals surface area contributed by atoms with E-state index in [0.29, 0.717) is 44.3 Å². The van der Waals surface area contributed by atoms with Gasteiger partial charge in [-0.3, -0.25) is 4.79 Å². The van der Waals surface area contributed by atoms with Crippen LogP contribution in [0, 0.1) is 0 Å². The number of ether oxygens (including phenoxy) is 3. The van der Waals surface area contributed by atoms with Crippen LogP contribution in [0.1, 0.15) is 22.8 Å².